The first-order valence-corrected chi connectivity index (χ1v) is 28.3. The number of aromatic nitrogens is 2. The molecule has 4 N–H and O–H groups in total. The molecule has 0 unspecified atom stereocenters. The highest BCUT2D eigenvalue weighted by atomic mass is 19.4. The molecule has 12 aromatic rings. The van der Waals surface area contributed by atoms with Crippen molar-refractivity contribution in [2.75, 3.05) is 54.5 Å². The molecule has 450 valence electrons. The first-order valence-electron chi connectivity index (χ1n) is 28.3. The molecule has 0 amide bonds. The number of carboxylic acids is 1. The number of rotatable bonds is 12. The van der Waals surface area contributed by atoms with Crippen molar-refractivity contribution in [1.82, 2.24) is 18.6 Å². The number of carbonyl (C=O) groups is 1. The van der Waals surface area contributed by atoms with Crippen LogP contribution in [-0.2, 0) is 4.79 Å². The van der Waals surface area contributed by atoms with Crippen LogP contribution in [0, 0.1) is 48.5 Å². The van der Waals surface area contributed by atoms with E-state index in [0.717, 1.165) is 97.3 Å². The predicted octanol–water partition coefficient (Wildman–Crippen LogP) is 14.6. The molecule has 6 aromatic carbocycles. The molecule has 15 nitrogen and oxygen atoms in total. The highest BCUT2D eigenvalue weighted by Crippen LogP contribution is 2.46. The summed E-state index contributed by atoms with van der Waals surface area (Å²) in [4.78, 5) is 40.4. The van der Waals surface area contributed by atoms with Gasteiger partial charge in [-0.25, -0.2) is 14.4 Å². The van der Waals surface area contributed by atoms with Gasteiger partial charge in [0, 0.05) is 81.1 Å². The van der Waals surface area contributed by atoms with Crippen LogP contribution in [0.5, 0.6) is 28.7 Å². The van der Waals surface area contributed by atoms with Crippen molar-refractivity contribution in [1.29, 1.82) is 0 Å². The Morgan fingerprint density at radius 2 is 0.931 bits per heavy atom. The van der Waals surface area contributed by atoms with Crippen molar-refractivity contribution in [3.05, 3.63) is 169 Å². The Hall–Kier alpha value is -9.52. The summed E-state index contributed by atoms with van der Waals surface area (Å²) in [6.07, 6.45) is 0.386. The van der Waals surface area contributed by atoms with Crippen LogP contribution in [0.25, 0.3) is 98.6 Å². The maximum atomic E-state index is 13.7. The number of ether oxygens (including phenoxy) is 2. The van der Waals surface area contributed by atoms with E-state index in [1.54, 1.807) is 34.9 Å². The van der Waals surface area contributed by atoms with E-state index < -0.39 is 17.8 Å². The van der Waals surface area contributed by atoms with Crippen molar-refractivity contribution in [2.45, 2.75) is 67.5 Å². The third kappa shape index (κ3) is 11.7. The van der Waals surface area contributed by atoms with Crippen molar-refractivity contribution in [3.8, 4) is 51.0 Å². The van der Waals surface area contributed by atoms with Gasteiger partial charge in [0.05, 0.1) is 24.2 Å². The fraction of sp³-hybridized carbons (Fsp3) is 0.261. The Morgan fingerprint density at radius 1 is 0.494 bits per heavy atom. The molecule has 0 aliphatic heterocycles. The lowest BCUT2D eigenvalue weighted by Crippen LogP contribution is -2.21. The van der Waals surface area contributed by atoms with E-state index in [4.69, 9.17) is 28.2 Å². The molecule has 6 aromatic heterocycles. The number of phenols is 3. The zero-order chi connectivity index (χ0) is 62.7. The second-order valence-corrected chi connectivity index (χ2v) is 22.8. The predicted molar refractivity (Wildman–Crippen MR) is 337 cm³/mol. The lowest BCUT2D eigenvalue weighted by atomic mass is 9.94. The second-order valence-electron chi connectivity index (χ2n) is 22.8. The smallest absolute Gasteiger partial charge is 0.490 e. The van der Waals surface area contributed by atoms with E-state index in [2.05, 4.69) is 96.1 Å². The summed E-state index contributed by atoms with van der Waals surface area (Å²) in [5, 5.41) is 46.0. The maximum absolute atomic E-state index is 13.7. The van der Waals surface area contributed by atoms with Gasteiger partial charge in [-0.3, -0.25) is 0 Å². The minimum atomic E-state index is -5.08. The fourth-order valence-corrected chi connectivity index (χ4v) is 11.2. The molecule has 87 heavy (non-hydrogen) atoms. The Bertz CT molecular complexity index is 4570. The summed E-state index contributed by atoms with van der Waals surface area (Å²) < 4.78 is 59.3. The van der Waals surface area contributed by atoms with Gasteiger partial charge in [-0.15, -0.1) is 0 Å². The zero-order valence-corrected chi connectivity index (χ0v) is 50.2. The zero-order valence-electron chi connectivity index (χ0n) is 50.2. The van der Waals surface area contributed by atoms with Gasteiger partial charge >= 0.3 is 23.4 Å². The van der Waals surface area contributed by atoms with Gasteiger partial charge in [-0.05, 0) is 199 Å². The molecule has 0 spiro atoms. The Kier molecular flexibility index (Phi) is 16.5. The molecule has 18 heteroatoms. The molecule has 0 atom stereocenters. The number of alkyl halides is 3. The van der Waals surface area contributed by atoms with Crippen LogP contribution < -0.4 is 20.7 Å². The molecule has 12 rings (SSSR count). The SMILES string of the molecule is Cc1ccc(-c2c3c4cc(C)c(OCCCN(C)C)cc4oc(=O)c3n3ccc4cc(C)c(C)cc4c23)cc1C.Cc1ccc(-c2c3c4cc(O)c(OCCCN(C)C)cc4oc(=O)c3n3ccc4cc(O)c(C)cc4c23)cc1O.O=C(O)C(F)(F)F. The molecule has 0 saturated carbocycles. The van der Waals surface area contributed by atoms with Gasteiger partial charge < -0.3 is 57.3 Å². The minimum Gasteiger partial charge on any atom is -0.508 e. The molecular formula is C69H67F3N4O11. The molecular weight excluding hydrogens is 1120 g/mol. The summed E-state index contributed by atoms with van der Waals surface area (Å²) in [5.74, 6) is -1.53. The van der Waals surface area contributed by atoms with Crippen LogP contribution in [-0.4, -0.2) is 106 Å². The summed E-state index contributed by atoms with van der Waals surface area (Å²) >= 11 is 0. The van der Waals surface area contributed by atoms with E-state index in [1.165, 1.54) is 22.3 Å². The van der Waals surface area contributed by atoms with Crippen molar-refractivity contribution in [2.24, 2.45) is 0 Å². The molecule has 0 bridgehead atoms. The highest BCUT2D eigenvalue weighted by molar-refractivity contribution is 6.23. The molecule has 0 aliphatic rings. The molecule has 0 saturated heterocycles. The lowest BCUT2D eigenvalue weighted by Gasteiger charge is -2.13. The average Bonchev–Trinajstić information content (AvgIpc) is 1.58. The van der Waals surface area contributed by atoms with Gasteiger partial charge in [0.25, 0.3) is 0 Å². The number of carboxylic acid groups (broad SMARTS) is 1. The summed E-state index contributed by atoms with van der Waals surface area (Å²) in [6.45, 7) is 17.0. The van der Waals surface area contributed by atoms with E-state index in [-0.39, 0.29) is 34.2 Å². The number of aromatic hydroxyl groups is 3. The van der Waals surface area contributed by atoms with E-state index >= 15 is 0 Å². The van der Waals surface area contributed by atoms with E-state index in [9.17, 15) is 38.1 Å². The van der Waals surface area contributed by atoms with Gasteiger partial charge in [-0.1, -0.05) is 36.4 Å². The van der Waals surface area contributed by atoms with Gasteiger partial charge in [0.1, 0.15) is 39.4 Å². The fourth-order valence-electron chi connectivity index (χ4n) is 11.2. The standard InChI is InChI=1S/C35H36N2O3.C32H30N2O6.C2HF3O2/c1-20-9-10-26(16-21(20)2)31-32-28-18-24(5)29(39-14-8-12-36(6)7)19-30(28)40-35(38)34(32)37-13-11-25-15-22(3)23(4)17-27(25)33(31)37;1-17-6-7-20(14-23(17)35)28-29-22-15-25(37)27(39-11-5-9-33(3)4)16-26(22)40-32(38)31(29)34-10-8-19-13-24(36)18(2)12-21(19)30(28)34;3-2(4,5)1(6)7/h9-11,13,15-19H,8,12,14H2,1-7H3;6-8,10,12-16,35-37H,5,9,11H2,1-4H3;(H,6,7). The lowest BCUT2D eigenvalue weighted by molar-refractivity contribution is -0.192. The molecule has 0 fully saturated rings. The van der Waals surface area contributed by atoms with Crippen LogP contribution in [0.3, 0.4) is 0 Å². The number of aliphatic carboxylic acids is 1. The third-order valence-corrected chi connectivity index (χ3v) is 16.0. The largest absolute Gasteiger partial charge is 0.508 e. The Balaban J connectivity index is 0.000000174. The second kappa shape index (κ2) is 23.7. The van der Waals surface area contributed by atoms with Crippen molar-refractivity contribution >= 4 is 82.3 Å². The summed E-state index contributed by atoms with van der Waals surface area (Å²) in [6, 6.07) is 31.1. The first kappa shape index (κ1) is 60.6. The normalized spacial score (nSPS) is 11.9. The van der Waals surface area contributed by atoms with Crippen LogP contribution >= 0.6 is 0 Å². The number of aryl methyl sites for hydroxylation is 7. The average molecular weight is 1190 g/mol. The van der Waals surface area contributed by atoms with Gasteiger partial charge in [0.15, 0.2) is 11.5 Å². The number of fused-ring (bicyclic) bond motifs is 14. The number of benzene rings is 6. The van der Waals surface area contributed by atoms with Crippen LogP contribution in [0.1, 0.15) is 51.8 Å². The Morgan fingerprint density at radius 3 is 1.45 bits per heavy atom. The van der Waals surface area contributed by atoms with Crippen molar-refractivity contribution < 1.29 is 56.7 Å². The maximum Gasteiger partial charge on any atom is 0.490 e. The number of nitrogens with zero attached hydrogens (tertiary/aromatic N) is 4. The van der Waals surface area contributed by atoms with Gasteiger partial charge in [0.2, 0.25) is 0 Å². The van der Waals surface area contributed by atoms with Crippen LogP contribution in [0.15, 0.2) is 128 Å². The number of halogens is 3. The molecule has 0 aliphatic carbocycles. The van der Waals surface area contributed by atoms with Crippen molar-refractivity contribution in [3.63, 3.8) is 0 Å². The third-order valence-electron chi connectivity index (χ3n) is 16.0. The van der Waals surface area contributed by atoms with E-state index in [0.29, 0.717) is 57.3 Å². The quantitative estimate of drug-likeness (QED) is 0.0668. The topological polar surface area (TPSA) is 192 Å². The minimum absolute atomic E-state index is 0.0638. The number of hydrogen-bond donors (Lipinski definition) is 4. The number of phenolic OH excluding ortho intramolecular Hbond substituents is 3. The molecule has 6 heterocycles. The number of pyridine rings is 2. The Labute approximate surface area is 497 Å². The summed E-state index contributed by atoms with van der Waals surface area (Å²) in [5.41, 5.74) is 13.5. The monoisotopic (exact) mass is 1180 g/mol. The first-order chi connectivity index (χ1) is 41.2. The summed E-state index contributed by atoms with van der Waals surface area (Å²) in [7, 11) is 8.07. The molecule has 0 radical (unpaired) electrons. The highest BCUT2D eigenvalue weighted by Gasteiger charge is 2.38. The number of hydrogen-bond acceptors (Lipinski definition) is 12. The van der Waals surface area contributed by atoms with Crippen LogP contribution in [0.2, 0.25) is 0 Å². The van der Waals surface area contributed by atoms with Crippen LogP contribution in [0.4, 0.5) is 13.2 Å². The van der Waals surface area contributed by atoms with Gasteiger partial charge in [-0.2, -0.15) is 13.2 Å². The van der Waals surface area contributed by atoms with E-state index in [1.807, 2.05) is 73.8 Å².